The first kappa shape index (κ1) is 23.8. The number of carbonyl (C=O) groups is 2. The summed E-state index contributed by atoms with van der Waals surface area (Å²) in [4.78, 5) is 31.0. The van der Waals surface area contributed by atoms with Crippen LogP contribution in [0.3, 0.4) is 0 Å². The van der Waals surface area contributed by atoms with E-state index in [1.807, 2.05) is 29.2 Å². The SMILES string of the molecule is CNCC(=O)NC(C(=O)N1CCC2C1[C@@H](c1c[nH]c3cc(F)ccc13)CN2S(C)=O)C(C)C. The van der Waals surface area contributed by atoms with Crippen molar-refractivity contribution in [2.45, 2.75) is 44.3 Å². The summed E-state index contributed by atoms with van der Waals surface area (Å²) in [5.74, 6) is -0.805. The second kappa shape index (κ2) is 9.52. The molecule has 2 fully saturated rings. The molecule has 0 aliphatic carbocycles. The molecular formula is C23H32FN5O3S. The van der Waals surface area contributed by atoms with Crippen molar-refractivity contribution in [2.24, 2.45) is 5.92 Å². The minimum atomic E-state index is -1.18. The first-order valence-electron chi connectivity index (χ1n) is 11.3. The average molecular weight is 478 g/mol. The molecule has 1 aromatic heterocycles. The molecule has 3 heterocycles. The lowest BCUT2D eigenvalue weighted by molar-refractivity contribution is -0.138. The van der Waals surface area contributed by atoms with E-state index in [0.29, 0.717) is 18.6 Å². The number of halogens is 1. The topological polar surface area (TPSA) is 97.5 Å². The number of hydrogen-bond acceptors (Lipinski definition) is 4. The van der Waals surface area contributed by atoms with Gasteiger partial charge in [-0.2, -0.15) is 0 Å². The van der Waals surface area contributed by atoms with Crippen LogP contribution in [0.4, 0.5) is 4.39 Å². The van der Waals surface area contributed by atoms with Crippen molar-refractivity contribution in [3.63, 3.8) is 0 Å². The Balaban J connectivity index is 1.68. The highest BCUT2D eigenvalue weighted by Crippen LogP contribution is 2.43. The lowest BCUT2D eigenvalue weighted by Gasteiger charge is -2.33. The number of amides is 2. The monoisotopic (exact) mass is 477 g/mol. The van der Waals surface area contributed by atoms with Gasteiger partial charge in [-0.15, -0.1) is 0 Å². The molecule has 2 aliphatic heterocycles. The van der Waals surface area contributed by atoms with Gasteiger partial charge in [-0.3, -0.25) is 9.59 Å². The van der Waals surface area contributed by atoms with Crippen LogP contribution in [0.1, 0.15) is 31.7 Å². The van der Waals surface area contributed by atoms with E-state index >= 15 is 0 Å². The Hall–Kier alpha value is -2.30. The van der Waals surface area contributed by atoms with Crippen molar-refractivity contribution in [1.82, 2.24) is 24.8 Å². The van der Waals surface area contributed by atoms with Gasteiger partial charge in [-0.05, 0) is 43.1 Å². The molecule has 0 spiro atoms. The lowest BCUT2D eigenvalue weighted by atomic mass is 9.90. The van der Waals surface area contributed by atoms with Gasteiger partial charge in [-0.25, -0.2) is 12.9 Å². The van der Waals surface area contributed by atoms with Gasteiger partial charge >= 0.3 is 0 Å². The Kier molecular flexibility index (Phi) is 6.88. The molecule has 4 rings (SSSR count). The molecule has 1 aromatic carbocycles. The predicted octanol–water partition coefficient (Wildman–Crippen LogP) is 1.33. The van der Waals surface area contributed by atoms with Gasteiger partial charge in [0.1, 0.15) is 11.9 Å². The maximum Gasteiger partial charge on any atom is 0.245 e. The summed E-state index contributed by atoms with van der Waals surface area (Å²) in [5, 5.41) is 6.60. The molecule has 4 unspecified atom stereocenters. The molecule has 180 valence electrons. The fraction of sp³-hybridized carbons (Fsp3) is 0.565. The summed E-state index contributed by atoms with van der Waals surface area (Å²) in [6.45, 7) is 5.07. The summed E-state index contributed by atoms with van der Waals surface area (Å²) in [7, 11) is 0.503. The number of H-pyrrole nitrogens is 1. The van der Waals surface area contributed by atoms with Crippen LogP contribution in [0.2, 0.25) is 0 Å². The standard InChI is InChI=1S/C23H32FN5O3S/c1-13(2)21(27-20(30)11-25-3)23(31)28-8-7-19-22(28)17(12-29(19)33(4)32)16-10-26-18-9-14(24)5-6-15(16)18/h5-6,9-10,13,17,19,21-22,25-26H,7-8,11-12H2,1-4H3,(H,27,30)/t17-,19?,21?,22?,33?/m1/s1. The Morgan fingerprint density at radius 3 is 2.76 bits per heavy atom. The van der Waals surface area contributed by atoms with Crippen molar-refractivity contribution in [3.8, 4) is 0 Å². The number of benzene rings is 1. The fourth-order valence-corrected chi connectivity index (χ4v) is 6.36. The van der Waals surface area contributed by atoms with Gasteiger partial charge in [0.25, 0.3) is 0 Å². The summed E-state index contributed by atoms with van der Waals surface area (Å²) in [6.07, 6.45) is 4.27. The fourth-order valence-electron chi connectivity index (χ4n) is 5.38. The van der Waals surface area contributed by atoms with Crippen molar-refractivity contribution < 1.29 is 18.2 Å². The second-order valence-electron chi connectivity index (χ2n) is 9.26. The van der Waals surface area contributed by atoms with Crippen LogP contribution >= 0.6 is 0 Å². The number of aromatic nitrogens is 1. The third-order valence-electron chi connectivity index (χ3n) is 6.85. The summed E-state index contributed by atoms with van der Waals surface area (Å²) >= 11 is 0. The van der Waals surface area contributed by atoms with E-state index < -0.39 is 17.0 Å². The zero-order valence-corrected chi connectivity index (χ0v) is 20.2. The zero-order valence-electron chi connectivity index (χ0n) is 19.4. The van der Waals surface area contributed by atoms with Crippen LogP contribution in [0, 0.1) is 11.7 Å². The number of likely N-dealkylation sites (tertiary alicyclic amines) is 1. The Bertz CT molecular complexity index is 1070. The molecule has 3 N–H and O–H groups in total. The molecule has 5 atom stereocenters. The second-order valence-corrected chi connectivity index (χ2v) is 10.6. The van der Waals surface area contributed by atoms with Crippen molar-refractivity contribution in [3.05, 3.63) is 35.8 Å². The molecule has 10 heteroatoms. The number of aromatic amines is 1. The van der Waals surface area contributed by atoms with Crippen molar-refractivity contribution in [1.29, 1.82) is 0 Å². The van der Waals surface area contributed by atoms with Crippen molar-refractivity contribution >= 4 is 33.7 Å². The van der Waals surface area contributed by atoms with Gasteiger partial charge in [0.2, 0.25) is 11.8 Å². The predicted molar refractivity (Wildman–Crippen MR) is 126 cm³/mol. The average Bonchev–Trinajstić information content (AvgIpc) is 3.44. The number of fused-ring (bicyclic) bond motifs is 2. The third kappa shape index (κ3) is 4.43. The highest BCUT2D eigenvalue weighted by Gasteiger charge is 2.53. The largest absolute Gasteiger partial charge is 0.361 e. The van der Waals surface area contributed by atoms with E-state index in [9.17, 15) is 18.2 Å². The van der Waals surface area contributed by atoms with Crippen LogP contribution in [-0.4, -0.2) is 81.3 Å². The molecule has 8 nitrogen and oxygen atoms in total. The van der Waals surface area contributed by atoms with Crippen molar-refractivity contribution in [2.75, 3.05) is 32.9 Å². The van der Waals surface area contributed by atoms with Crippen LogP contribution in [0.5, 0.6) is 0 Å². The van der Waals surface area contributed by atoms with Gasteiger partial charge in [0.15, 0.2) is 0 Å². The van der Waals surface area contributed by atoms with Gasteiger partial charge < -0.3 is 20.5 Å². The molecule has 0 bridgehead atoms. The normalized spacial score (nSPS) is 24.9. The molecule has 2 aromatic rings. The highest BCUT2D eigenvalue weighted by molar-refractivity contribution is 7.81. The van der Waals surface area contributed by atoms with E-state index in [1.165, 1.54) is 12.1 Å². The Morgan fingerprint density at radius 2 is 2.09 bits per heavy atom. The van der Waals surface area contributed by atoms with Crippen LogP contribution in [0.25, 0.3) is 10.9 Å². The smallest absolute Gasteiger partial charge is 0.245 e. The highest BCUT2D eigenvalue weighted by atomic mass is 32.2. The summed E-state index contributed by atoms with van der Waals surface area (Å²) < 4.78 is 28.3. The van der Waals surface area contributed by atoms with Gasteiger partial charge in [-0.1, -0.05) is 13.8 Å². The van der Waals surface area contributed by atoms with E-state index in [0.717, 1.165) is 17.4 Å². The molecule has 2 aliphatic rings. The molecule has 2 saturated heterocycles. The van der Waals surface area contributed by atoms with E-state index in [4.69, 9.17) is 0 Å². The van der Waals surface area contributed by atoms with Crippen LogP contribution in [-0.2, 0) is 20.6 Å². The Morgan fingerprint density at radius 1 is 1.33 bits per heavy atom. The van der Waals surface area contributed by atoms with Gasteiger partial charge in [0.05, 0.1) is 23.6 Å². The quantitative estimate of drug-likeness (QED) is 0.561. The number of hydrogen-bond donors (Lipinski definition) is 3. The van der Waals surface area contributed by atoms with Crippen LogP contribution in [0.15, 0.2) is 24.4 Å². The van der Waals surface area contributed by atoms with Crippen LogP contribution < -0.4 is 10.6 Å². The lowest BCUT2D eigenvalue weighted by Crippen LogP contribution is -2.55. The minimum absolute atomic E-state index is 0.0315. The molecule has 0 radical (unpaired) electrons. The maximum atomic E-state index is 13.7. The summed E-state index contributed by atoms with van der Waals surface area (Å²) in [6, 6.07) is 3.82. The molecule has 2 amide bonds. The first-order valence-corrected chi connectivity index (χ1v) is 12.9. The number of nitrogens with one attached hydrogen (secondary N) is 3. The first-order chi connectivity index (χ1) is 15.7. The number of carbonyl (C=O) groups excluding carboxylic acids is 2. The number of likely N-dealkylation sites (N-methyl/N-ethyl adjacent to an activating group) is 1. The Labute approximate surface area is 195 Å². The zero-order chi connectivity index (χ0) is 23.9. The van der Waals surface area contributed by atoms with E-state index in [-0.39, 0.29) is 48.1 Å². The third-order valence-corrected chi connectivity index (χ3v) is 7.93. The maximum absolute atomic E-state index is 13.7. The minimum Gasteiger partial charge on any atom is -0.361 e. The van der Waals surface area contributed by atoms with Gasteiger partial charge in [0, 0.05) is 48.4 Å². The molecule has 0 saturated carbocycles. The number of rotatable bonds is 7. The van der Waals surface area contributed by atoms with E-state index in [2.05, 4.69) is 15.6 Å². The van der Waals surface area contributed by atoms with E-state index in [1.54, 1.807) is 19.4 Å². The number of nitrogens with zero attached hydrogens (tertiary/aromatic N) is 2. The summed E-state index contributed by atoms with van der Waals surface area (Å²) in [5.41, 5.74) is 1.70. The molecular weight excluding hydrogens is 445 g/mol. The molecule has 33 heavy (non-hydrogen) atoms.